The van der Waals surface area contributed by atoms with Gasteiger partial charge in [-0.2, -0.15) is 0 Å². The highest BCUT2D eigenvalue weighted by Crippen LogP contribution is 2.26. The minimum absolute atomic E-state index is 0.111. The molecule has 2 fully saturated rings. The van der Waals surface area contributed by atoms with E-state index in [-0.39, 0.29) is 12.1 Å². The molecular formula is C18H26BrN3O3. The van der Waals surface area contributed by atoms with Gasteiger partial charge in [0.1, 0.15) is 11.4 Å². The number of piperidine rings is 1. The molecule has 1 aliphatic heterocycles. The first-order valence-electron chi connectivity index (χ1n) is 8.99. The monoisotopic (exact) mass is 411 g/mol. The number of carbonyl (C=O) groups excluding carboxylic acids is 1. The van der Waals surface area contributed by atoms with Crippen molar-refractivity contribution in [1.82, 2.24) is 10.3 Å². The summed E-state index contributed by atoms with van der Waals surface area (Å²) in [5, 5.41) is 13.4. The zero-order valence-electron chi connectivity index (χ0n) is 14.6. The van der Waals surface area contributed by atoms with E-state index < -0.39 is 0 Å². The van der Waals surface area contributed by atoms with Gasteiger partial charge in [-0.05, 0) is 60.5 Å². The summed E-state index contributed by atoms with van der Waals surface area (Å²) in [6.07, 6.45) is 7.59. The molecule has 2 aliphatic rings. The lowest BCUT2D eigenvalue weighted by atomic mass is 9.91. The number of aromatic nitrogens is 1. The molecule has 0 atom stereocenters. The van der Waals surface area contributed by atoms with Crippen LogP contribution in [0.1, 0.15) is 48.9 Å². The number of methoxy groups -OCH3 is 1. The van der Waals surface area contributed by atoms with E-state index in [1.165, 1.54) is 7.11 Å². The van der Waals surface area contributed by atoms with Gasteiger partial charge in [-0.15, -0.1) is 0 Å². The summed E-state index contributed by atoms with van der Waals surface area (Å²) in [4.78, 5) is 18.7. The Labute approximate surface area is 157 Å². The van der Waals surface area contributed by atoms with Gasteiger partial charge in [-0.25, -0.2) is 9.78 Å². The van der Waals surface area contributed by atoms with Crippen LogP contribution in [-0.4, -0.2) is 54.4 Å². The van der Waals surface area contributed by atoms with Crippen LogP contribution in [0.25, 0.3) is 0 Å². The number of nitrogens with one attached hydrogen (secondary N) is 1. The van der Waals surface area contributed by atoms with Gasteiger partial charge >= 0.3 is 5.97 Å². The Bertz CT molecular complexity index is 597. The smallest absolute Gasteiger partial charge is 0.341 e. The molecule has 25 heavy (non-hydrogen) atoms. The number of esters is 1. The quantitative estimate of drug-likeness (QED) is 0.741. The standard InChI is InChI=1S/C18H26BrN3O3/c1-25-18(24)16-10-12(19)11-20-17(16)22-8-6-14(7-9-22)21-13-2-4-15(23)5-3-13/h10-11,13-15,21,23H,2-9H2,1H3. The van der Waals surface area contributed by atoms with Crippen LogP contribution >= 0.6 is 15.9 Å². The zero-order valence-corrected chi connectivity index (χ0v) is 16.2. The molecule has 7 heteroatoms. The number of aliphatic hydroxyl groups is 1. The van der Waals surface area contributed by atoms with Crippen molar-refractivity contribution in [2.24, 2.45) is 0 Å². The lowest BCUT2D eigenvalue weighted by Gasteiger charge is -2.37. The summed E-state index contributed by atoms with van der Waals surface area (Å²) in [6.45, 7) is 1.73. The minimum atomic E-state index is -0.357. The number of ether oxygens (including phenoxy) is 1. The third-order valence-corrected chi connectivity index (χ3v) is 5.63. The Kier molecular flexibility index (Phi) is 6.30. The van der Waals surface area contributed by atoms with Crippen molar-refractivity contribution >= 4 is 27.7 Å². The Morgan fingerprint density at radius 1 is 1.24 bits per heavy atom. The molecule has 0 bridgehead atoms. The number of halogens is 1. The predicted octanol–water partition coefficient (Wildman–Crippen LogP) is 2.49. The van der Waals surface area contributed by atoms with Crippen LogP contribution in [0.2, 0.25) is 0 Å². The predicted molar refractivity (Wildman–Crippen MR) is 99.9 cm³/mol. The maximum absolute atomic E-state index is 12.0. The third-order valence-electron chi connectivity index (χ3n) is 5.20. The van der Waals surface area contributed by atoms with Crippen molar-refractivity contribution in [3.05, 3.63) is 22.3 Å². The van der Waals surface area contributed by atoms with E-state index in [2.05, 4.69) is 31.1 Å². The van der Waals surface area contributed by atoms with E-state index in [1.807, 2.05) is 0 Å². The fourth-order valence-corrected chi connectivity index (χ4v) is 4.11. The largest absolute Gasteiger partial charge is 0.465 e. The second-order valence-corrected chi connectivity index (χ2v) is 7.87. The molecule has 0 amide bonds. The fraction of sp³-hybridized carbons (Fsp3) is 0.667. The van der Waals surface area contributed by atoms with Gasteiger partial charge < -0.3 is 20.1 Å². The number of anilines is 1. The maximum atomic E-state index is 12.0. The Morgan fingerprint density at radius 2 is 1.88 bits per heavy atom. The van der Waals surface area contributed by atoms with Crippen LogP contribution in [0.15, 0.2) is 16.7 Å². The molecule has 2 N–H and O–H groups in total. The summed E-state index contributed by atoms with van der Waals surface area (Å²) in [5.74, 6) is 0.346. The zero-order chi connectivity index (χ0) is 17.8. The molecule has 1 saturated carbocycles. The summed E-state index contributed by atoms with van der Waals surface area (Å²) >= 11 is 3.37. The van der Waals surface area contributed by atoms with Gasteiger partial charge in [0.05, 0.1) is 13.2 Å². The number of pyridine rings is 1. The Balaban J connectivity index is 1.58. The van der Waals surface area contributed by atoms with Gasteiger partial charge in [0.25, 0.3) is 0 Å². The molecule has 0 radical (unpaired) electrons. The highest BCUT2D eigenvalue weighted by Gasteiger charge is 2.27. The van der Waals surface area contributed by atoms with Gasteiger partial charge in [0.15, 0.2) is 0 Å². The van der Waals surface area contributed by atoms with E-state index in [9.17, 15) is 9.90 Å². The first-order chi connectivity index (χ1) is 12.1. The fourth-order valence-electron chi connectivity index (χ4n) is 3.78. The van der Waals surface area contributed by atoms with Gasteiger partial charge in [0, 0.05) is 35.8 Å². The van der Waals surface area contributed by atoms with Crippen LogP contribution < -0.4 is 10.2 Å². The normalized spacial score (nSPS) is 25.0. The van der Waals surface area contributed by atoms with Crippen molar-refractivity contribution < 1.29 is 14.6 Å². The minimum Gasteiger partial charge on any atom is -0.465 e. The molecule has 1 saturated heterocycles. The molecule has 0 spiro atoms. The molecule has 0 unspecified atom stereocenters. The molecule has 0 aromatic carbocycles. The van der Waals surface area contributed by atoms with Crippen LogP contribution in [-0.2, 0) is 4.74 Å². The van der Waals surface area contributed by atoms with Crippen molar-refractivity contribution in [2.75, 3.05) is 25.1 Å². The third kappa shape index (κ3) is 4.71. The number of rotatable bonds is 4. The molecule has 138 valence electrons. The summed E-state index contributed by atoms with van der Waals surface area (Å²) in [5.41, 5.74) is 0.504. The van der Waals surface area contributed by atoms with Crippen molar-refractivity contribution in [3.63, 3.8) is 0 Å². The number of nitrogens with zero attached hydrogens (tertiary/aromatic N) is 2. The van der Waals surface area contributed by atoms with Crippen LogP contribution in [0.5, 0.6) is 0 Å². The van der Waals surface area contributed by atoms with Crippen molar-refractivity contribution in [3.8, 4) is 0 Å². The average Bonchev–Trinajstić information content (AvgIpc) is 2.64. The lowest BCUT2D eigenvalue weighted by Crippen LogP contribution is -2.47. The maximum Gasteiger partial charge on any atom is 0.341 e. The van der Waals surface area contributed by atoms with Gasteiger partial charge in [-0.1, -0.05) is 0 Å². The molecule has 2 heterocycles. The summed E-state index contributed by atoms with van der Waals surface area (Å²) < 4.78 is 5.66. The van der Waals surface area contributed by atoms with Crippen LogP contribution in [0, 0.1) is 0 Å². The molecule has 3 rings (SSSR count). The molecular weight excluding hydrogens is 386 g/mol. The van der Waals surface area contributed by atoms with Crippen molar-refractivity contribution in [2.45, 2.75) is 56.7 Å². The SMILES string of the molecule is COC(=O)c1cc(Br)cnc1N1CCC(NC2CCC(O)CC2)CC1. The summed E-state index contributed by atoms with van der Waals surface area (Å²) in [6, 6.07) is 2.79. The molecule has 1 aliphatic carbocycles. The topological polar surface area (TPSA) is 74.7 Å². The molecule has 1 aromatic heterocycles. The van der Waals surface area contributed by atoms with Crippen LogP contribution in [0.3, 0.4) is 0 Å². The summed E-state index contributed by atoms with van der Waals surface area (Å²) in [7, 11) is 1.39. The van der Waals surface area contributed by atoms with E-state index in [4.69, 9.17) is 4.74 Å². The highest BCUT2D eigenvalue weighted by atomic mass is 79.9. The number of hydrogen-bond donors (Lipinski definition) is 2. The van der Waals surface area contributed by atoms with E-state index >= 15 is 0 Å². The average molecular weight is 412 g/mol. The van der Waals surface area contributed by atoms with Crippen LogP contribution in [0.4, 0.5) is 5.82 Å². The van der Waals surface area contributed by atoms with Gasteiger partial charge in [-0.3, -0.25) is 0 Å². The second kappa shape index (κ2) is 8.47. The number of carbonyl (C=O) groups is 1. The van der Waals surface area contributed by atoms with E-state index in [0.29, 0.717) is 23.5 Å². The highest BCUT2D eigenvalue weighted by molar-refractivity contribution is 9.10. The molecule has 6 nitrogen and oxygen atoms in total. The first kappa shape index (κ1) is 18.6. The second-order valence-electron chi connectivity index (χ2n) is 6.95. The number of hydrogen-bond acceptors (Lipinski definition) is 6. The Hall–Kier alpha value is -1.18. The van der Waals surface area contributed by atoms with E-state index in [1.54, 1.807) is 12.3 Å². The van der Waals surface area contributed by atoms with E-state index in [0.717, 1.165) is 56.1 Å². The molecule has 1 aromatic rings. The lowest BCUT2D eigenvalue weighted by molar-refractivity contribution is 0.0600. The van der Waals surface area contributed by atoms with Gasteiger partial charge in [0.2, 0.25) is 0 Å². The Morgan fingerprint density at radius 3 is 2.52 bits per heavy atom. The van der Waals surface area contributed by atoms with Crippen molar-refractivity contribution in [1.29, 1.82) is 0 Å². The number of aliphatic hydroxyl groups excluding tert-OH is 1. The first-order valence-corrected chi connectivity index (χ1v) is 9.79.